The van der Waals surface area contributed by atoms with Crippen molar-refractivity contribution in [3.63, 3.8) is 0 Å². The molecule has 13 nitrogen and oxygen atoms in total. The van der Waals surface area contributed by atoms with Crippen molar-refractivity contribution < 1.29 is 49.6 Å². The lowest BCUT2D eigenvalue weighted by molar-refractivity contribution is -0.290. The van der Waals surface area contributed by atoms with E-state index in [1.54, 1.807) is 12.1 Å². The maximum atomic E-state index is 13.7. The van der Waals surface area contributed by atoms with Gasteiger partial charge in [-0.3, -0.25) is 9.13 Å². The Morgan fingerprint density at radius 3 is 1.72 bits per heavy atom. The molecule has 1 aromatic heterocycles. The normalized spacial score (nSPS) is 35.3. The highest BCUT2D eigenvalue weighted by molar-refractivity contribution is 6.31. The Labute approximate surface area is 228 Å². The number of imidazole rings is 1. The van der Waals surface area contributed by atoms with Gasteiger partial charge in [0.1, 0.15) is 48.8 Å². The molecule has 39 heavy (non-hydrogen) atoms. The van der Waals surface area contributed by atoms with Gasteiger partial charge in [0.2, 0.25) is 0 Å². The Morgan fingerprint density at radius 2 is 1.26 bits per heavy atom. The van der Waals surface area contributed by atoms with E-state index in [-0.39, 0.29) is 26.3 Å². The Morgan fingerprint density at radius 1 is 0.795 bits per heavy atom. The number of benzene rings is 1. The van der Waals surface area contributed by atoms with Crippen molar-refractivity contribution in [1.82, 2.24) is 9.13 Å². The second-order valence-corrected chi connectivity index (χ2v) is 9.84. The van der Waals surface area contributed by atoms with Crippen molar-refractivity contribution in [3.05, 3.63) is 59.0 Å². The minimum absolute atomic E-state index is 0.00223. The Hall–Kier alpha value is -2.14. The van der Waals surface area contributed by atoms with Crippen molar-refractivity contribution >= 4 is 22.6 Å². The monoisotopic (exact) mass is 572 g/mol. The van der Waals surface area contributed by atoms with Crippen molar-refractivity contribution in [2.75, 3.05) is 13.2 Å². The van der Waals surface area contributed by atoms with E-state index in [1.165, 1.54) is 27.4 Å². The smallest absolute Gasteiger partial charge is 0.329 e. The standard InChI is InChI=1S/C25H33ClN2O11/c1-3-7-36-21-17(29)15(38-23(33)19(21)31)10-27-13-6-5-12(26)9-14(13)28(25(27)35)11-16-18(30)22(37-8-4-2)20(32)24(34)39-16/h3-6,9,15-24,29-34H,1-2,7-8,10-11H2/t15-,16+,17-,18-,19+,20-,21+,22-,23-,24+/m1/s1. The lowest BCUT2D eigenvalue weighted by Crippen LogP contribution is -2.60. The molecule has 0 spiro atoms. The number of nitrogens with zero attached hydrogens (tertiary/aromatic N) is 2. The molecule has 1 aromatic carbocycles. The zero-order chi connectivity index (χ0) is 28.4. The van der Waals surface area contributed by atoms with Crippen LogP contribution in [0, 0.1) is 0 Å². The van der Waals surface area contributed by atoms with Gasteiger partial charge >= 0.3 is 5.69 Å². The van der Waals surface area contributed by atoms with Crippen LogP contribution >= 0.6 is 11.6 Å². The van der Waals surface area contributed by atoms with Gasteiger partial charge in [0.15, 0.2) is 12.6 Å². The first-order valence-corrected chi connectivity index (χ1v) is 12.7. The average molecular weight is 573 g/mol. The Bertz CT molecular complexity index is 1220. The largest absolute Gasteiger partial charge is 0.388 e. The van der Waals surface area contributed by atoms with Crippen LogP contribution in [0.1, 0.15) is 0 Å². The first kappa shape index (κ1) is 29.8. The molecule has 0 unspecified atom stereocenters. The summed E-state index contributed by atoms with van der Waals surface area (Å²) in [7, 11) is 0. The number of hydrogen-bond acceptors (Lipinski definition) is 11. The van der Waals surface area contributed by atoms with E-state index >= 15 is 0 Å². The SMILES string of the molecule is C=CCO[C@@H]1[C@H](O)[C@H](O)O[C@H](Cn2c(=O)n(C[C@@H]3O[C@H](O)[C@H](O)[C@H](OCC=C)[C@@H]3O)c3cc(Cl)ccc32)[C@H]1O. The molecule has 216 valence electrons. The third kappa shape index (κ3) is 5.99. The second-order valence-electron chi connectivity index (χ2n) is 9.40. The molecule has 2 aliphatic rings. The highest BCUT2D eigenvalue weighted by Gasteiger charge is 2.46. The Kier molecular flexibility index (Phi) is 9.62. The number of rotatable bonds is 10. The molecule has 2 aliphatic heterocycles. The molecule has 2 saturated heterocycles. The molecule has 4 rings (SSSR count). The van der Waals surface area contributed by atoms with Gasteiger partial charge < -0.3 is 49.6 Å². The van der Waals surface area contributed by atoms with E-state index in [9.17, 15) is 35.4 Å². The summed E-state index contributed by atoms with van der Waals surface area (Å²) in [6, 6.07) is 4.66. The molecule has 6 N–H and O–H groups in total. The lowest BCUT2D eigenvalue weighted by Gasteiger charge is -2.40. The second kappa shape index (κ2) is 12.6. The van der Waals surface area contributed by atoms with Gasteiger partial charge in [0.05, 0.1) is 37.3 Å². The summed E-state index contributed by atoms with van der Waals surface area (Å²) < 4.78 is 24.2. The third-order valence-corrected chi connectivity index (χ3v) is 7.08. The minimum atomic E-state index is -1.69. The van der Waals surface area contributed by atoms with Crippen molar-refractivity contribution in [2.45, 2.75) is 74.5 Å². The highest BCUT2D eigenvalue weighted by Crippen LogP contribution is 2.28. The zero-order valence-electron chi connectivity index (χ0n) is 20.9. The fourth-order valence-corrected chi connectivity index (χ4v) is 5.06. The van der Waals surface area contributed by atoms with Crippen LogP contribution < -0.4 is 5.69 Å². The van der Waals surface area contributed by atoms with Crippen molar-refractivity contribution in [2.24, 2.45) is 0 Å². The summed E-state index contributed by atoms with van der Waals surface area (Å²) in [5.74, 6) is 0. The van der Waals surface area contributed by atoms with Gasteiger partial charge in [0, 0.05) is 5.02 Å². The molecule has 14 heteroatoms. The van der Waals surface area contributed by atoms with Crippen LogP contribution in [0.15, 0.2) is 48.3 Å². The van der Waals surface area contributed by atoms with E-state index in [0.29, 0.717) is 16.1 Å². The van der Waals surface area contributed by atoms with Crippen LogP contribution in [0.25, 0.3) is 11.0 Å². The van der Waals surface area contributed by atoms with Crippen LogP contribution in [-0.4, -0.2) is 114 Å². The summed E-state index contributed by atoms with van der Waals surface area (Å²) >= 11 is 6.21. The molecule has 0 saturated carbocycles. The van der Waals surface area contributed by atoms with Gasteiger partial charge in [0.25, 0.3) is 0 Å². The third-order valence-electron chi connectivity index (χ3n) is 6.84. The van der Waals surface area contributed by atoms with Gasteiger partial charge in [-0.2, -0.15) is 0 Å². The number of halogens is 1. The molecule has 0 radical (unpaired) electrons. The summed E-state index contributed by atoms with van der Waals surface area (Å²) in [5.41, 5.74) is 0.125. The molecule has 3 heterocycles. The number of fused-ring (bicyclic) bond motifs is 1. The van der Waals surface area contributed by atoms with Crippen molar-refractivity contribution in [1.29, 1.82) is 0 Å². The quantitative estimate of drug-likeness (QED) is 0.182. The molecule has 0 bridgehead atoms. The zero-order valence-corrected chi connectivity index (χ0v) is 21.7. The van der Waals surface area contributed by atoms with Gasteiger partial charge in [-0.15, -0.1) is 13.2 Å². The number of aromatic nitrogens is 2. The van der Waals surface area contributed by atoms with Crippen LogP contribution in [0.3, 0.4) is 0 Å². The average Bonchev–Trinajstić information content (AvgIpc) is 3.15. The van der Waals surface area contributed by atoms with Gasteiger partial charge in [-0.25, -0.2) is 4.79 Å². The molecule has 10 atom stereocenters. The minimum Gasteiger partial charge on any atom is -0.388 e. The molecule has 2 fully saturated rings. The maximum Gasteiger partial charge on any atom is 0.329 e. The molecule has 0 amide bonds. The fraction of sp³-hybridized carbons (Fsp3) is 0.560. The van der Waals surface area contributed by atoms with Gasteiger partial charge in [-0.1, -0.05) is 23.8 Å². The number of aliphatic hydroxyl groups excluding tert-OH is 6. The highest BCUT2D eigenvalue weighted by atomic mass is 35.5. The van der Waals surface area contributed by atoms with E-state index < -0.39 is 67.1 Å². The van der Waals surface area contributed by atoms with Crippen LogP contribution in [0.2, 0.25) is 5.02 Å². The summed E-state index contributed by atoms with van der Waals surface area (Å²) in [4.78, 5) is 13.7. The summed E-state index contributed by atoms with van der Waals surface area (Å²) in [5, 5.41) is 62.9. The fourth-order valence-electron chi connectivity index (χ4n) is 4.89. The van der Waals surface area contributed by atoms with E-state index in [0.717, 1.165) is 0 Å². The molecule has 0 aliphatic carbocycles. The maximum absolute atomic E-state index is 13.7. The van der Waals surface area contributed by atoms with E-state index in [2.05, 4.69) is 13.2 Å². The number of ether oxygens (including phenoxy) is 4. The van der Waals surface area contributed by atoms with E-state index in [1.807, 2.05) is 0 Å². The number of aliphatic hydroxyl groups is 6. The van der Waals surface area contributed by atoms with Crippen LogP contribution in [-0.2, 0) is 32.0 Å². The van der Waals surface area contributed by atoms with Gasteiger partial charge in [-0.05, 0) is 18.2 Å². The Balaban J connectivity index is 1.66. The molecular weight excluding hydrogens is 540 g/mol. The van der Waals surface area contributed by atoms with Crippen LogP contribution in [0.4, 0.5) is 0 Å². The summed E-state index contributed by atoms with van der Waals surface area (Å²) in [6.07, 6.45) is -11.2. The van der Waals surface area contributed by atoms with Crippen molar-refractivity contribution in [3.8, 4) is 0 Å². The predicted octanol–water partition coefficient (Wildman–Crippen LogP) is -1.52. The summed E-state index contributed by atoms with van der Waals surface area (Å²) in [6.45, 7) is 6.54. The van der Waals surface area contributed by atoms with E-state index in [4.69, 9.17) is 30.5 Å². The van der Waals surface area contributed by atoms with Crippen LogP contribution in [0.5, 0.6) is 0 Å². The molecular formula is C25H33ClN2O11. The molecule has 2 aromatic rings. The number of hydrogen-bond donors (Lipinski definition) is 6. The first-order chi connectivity index (χ1) is 18.6. The first-order valence-electron chi connectivity index (χ1n) is 12.3. The predicted molar refractivity (Wildman–Crippen MR) is 137 cm³/mol. The lowest BCUT2D eigenvalue weighted by atomic mass is 9.98. The topological polar surface area (TPSA) is 185 Å².